The van der Waals surface area contributed by atoms with E-state index >= 15 is 0 Å². The van der Waals surface area contributed by atoms with E-state index in [2.05, 4.69) is 33.0 Å². The second-order valence-electron chi connectivity index (χ2n) is 5.26. The third kappa shape index (κ3) is 3.86. The van der Waals surface area contributed by atoms with Crippen LogP contribution in [0.1, 0.15) is 29.9 Å². The highest BCUT2D eigenvalue weighted by atomic mass is 32.1. The number of carbonyl (C=O) groups excluding carboxylic acids is 1. The number of rotatable bonds is 4. The number of nitrogens with zero attached hydrogens (tertiary/aromatic N) is 2. The average Bonchev–Trinajstić information content (AvgIpc) is 3.01. The summed E-state index contributed by atoms with van der Waals surface area (Å²) in [5.41, 5.74) is 3.97. The molecule has 0 saturated carbocycles. The number of anilines is 1. The van der Waals surface area contributed by atoms with Crippen LogP contribution in [0.3, 0.4) is 0 Å². The van der Waals surface area contributed by atoms with E-state index in [1.807, 2.05) is 12.1 Å². The lowest BCUT2D eigenvalue weighted by molar-refractivity contribution is -0.115. The van der Waals surface area contributed by atoms with E-state index < -0.39 is 0 Å². The van der Waals surface area contributed by atoms with Crippen LogP contribution >= 0.6 is 11.3 Å². The predicted molar refractivity (Wildman–Crippen MR) is 83.5 cm³/mol. The van der Waals surface area contributed by atoms with Gasteiger partial charge in [0.05, 0.1) is 6.42 Å². The molecule has 1 atom stereocenters. The van der Waals surface area contributed by atoms with Crippen molar-refractivity contribution in [2.24, 2.45) is 0 Å². The lowest BCUT2D eigenvalue weighted by Gasteiger charge is -2.23. The molecule has 21 heavy (non-hydrogen) atoms. The standard InChI is InChI=1S/C15H18N4OS/c20-14(18-15-19-17-10-21-15)8-11-3-1-4-12(7-11)13-5-2-6-16-9-13/h1,3-4,7,10,13,16H,2,5-6,8-9H2,(H,18,19,20). The average molecular weight is 302 g/mol. The molecule has 2 N–H and O–H groups in total. The Morgan fingerprint density at radius 2 is 2.43 bits per heavy atom. The van der Waals surface area contributed by atoms with Crippen LogP contribution in [0.4, 0.5) is 5.13 Å². The number of hydrogen-bond donors (Lipinski definition) is 2. The Kier molecular flexibility index (Phi) is 4.57. The number of aromatic nitrogens is 2. The highest BCUT2D eigenvalue weighted by Crippen LogP contribution is 2.24. The summed E-state index contributed by atoms with van der Waals surface area (Å²) in [5, 5.41) is 14.3. The van der Waals surface area contributed by atoms with Gasteiger partial charge in [-0.1, -0.05) is 35.6 Å². The lowest BCUT2D eigenvalue weighted by Crippen LogP contribution is -2.28. The Bertz CT molecular complexity index is 593. The number of hydrogen-bond acceptors (Lipinski definition) is 5. The van der Waals surface area contributed by atoms with Gasteiger partial charge in [-0.2, -0.15) is 0 Å². The summed E-state index contributed by atoms with van der Waals surface area (Å²) in [6.45, 7) is 2.14. The molecule has 1 aromatic carbocycles. The van der Waals surface area contributed by atoms with Gasteiger partial charge in [-0.25, -0.2) is 0 Å². The fraction of sp³-hybridized carbons (Fsp3) is 0.400. The highest BCUT2D eigenvalue weighted by Gasteiger charge is 2.15. The maximum atomic E-state index is 12.0. The molecule has 0 radical (unpaired) electrons. The smallest absolute Gasteiger partial charge is 0.230 e. The van der Waals surface area contributed by atoms with Crippen LogP contribution in [0.15, 0.2) is 29.8 Å². The molecule has 2 heterocycles. The first-order chi connectivity index (χ1) is 10.3. The molecule has 0 bridgehead atoms. The van der Waals surface area contributed by atoms with Gasteiger partial charge >= 0.3 is 0 Å². The zero-order valence-electron chi connectivity index (χ0n) is 11.7. The summed E-state index contributed by atoms with van der Waals surface area (Å²) in [7, 11) is 0. The molecule has 3 rings (SSSR count). The predicted octanol–water partition coefficient (Wildman–Crippen LogP) is 2.19. The number of nitrogens with one attached hydrogen (secondary N) is 2. The first-order valence-corrected chi connectivity index (χ1v) is 8.05. The maximum absolute atomic E-state index is 12.0. The molecular weight excluding hydrogens is 284 g/mol. The van der Waals surface area contributed by atoms with E-state index in [9.17, 15) is 4.79 Å². The molecule has 0 aliphatic carbocycles. The van der Waals surface area contributed by atoms with Crippen LogP contribution in [0.25, 0.3) is 0 Å². The zero-order valence-corrected chi connectivity index (χ0v) is 12.5. The van der Waals surface area contributed by atoms with Crippen molar-refractivity contribution in [2.75, 3.05) is 18.4 Å². The van der Waals surface area contributed by atoms with Gasteiger partial charge in [-0.15, -0.1) is 10.2 Å². The van der Waals surface area contributed by atoms with Crippen molar-refractivity contribution >= 4 is 22.4 Å². The number of carbonyl (C=O) groups is 1. The third-order valence-corrected chi connectivity index (χ3v) is 4.30. The minimum atomic E-state index is -0.0503. The molecule has 5 nitrogen and oxygen atoms in total. The van der Waals surface area contributed by atoms with E-state index in [-0.39, 0.29) is 5.91 Å². The molecule has 1 aliphatic rings. The number of benzene rings is 1. The molecule has 1 saturated heterocycles. The van der Waals surface area contributed by atoms with Crippen LogP contribution in [0.2, 0.25) is 0 Å². The Morgan fingerprint density at radius 1 is 1.48 bits per heavy atom. The number of amides is 1. The number of piperidine rings is 1. The fourth-order valence-electron chi connectivity index (χ4n) is 2.67. The van der Waals surface area contributed by atoms with Gasteiger partial charge < -0.3 is 10.6 Å². The first-order valence-electron chi connectivity index (χ1n) is 7.17. The monoisotopic (exact) mass is 302 g/mol. The van der Waals surface area contributed by atoms with Crippen molar-refractivity contribution in [1.82, 2.24) is 15.5 Å². The molecule has 1 amide bonds. The Labute approximate surface area is 127 Å². The summed E-state index contributed by atoms with van der Waals surface area (Å²) in [6.07, 6.45) is 2.80. The van der Waals surface area contributed by atoms with Gasteiger partial charge in [0.1, 0.15) is 5.51 Å². The SMILES string of the molecule is O=C(Cc1cccc(C2CCCNC2)c1)Nc1nncs1. The normalized spacial score (nSPS) is 18.4. The van der Waals surface area contributed by atoms with Gasteiger partial charge in [-0.05, 0) is 36.4 Å². The lowest BCUT2D eigenvalue weighted by atomic mass is 9.90. The van der Waals surface area contributed by atoms with Crippen molar-refractivity contribution in [3.8, 4) is 0 Å². The quantitative estimate of drug-likeness (QED) is 0.908. The summed E-state index contributed by atoms with van der Waals surface area (Å²) < 4.78 is 0. The summed E-state index contributed by atoms with van der Waals surface area (Å²) in [4.78, 5) is 12.0. The van der Waals surface area contributed by atoms with Crippen molar-refractivity contribution in [2.45, 2.75) is 25.2 Å². The largest absolute Gasteiger partial charge is 0.316 e. The molecule has 110 valence electrons. The van der Waals surface area contributed by atoms with Crippen molar-refractivity contribution in [3.05, 3.63) is 40.9 Å². The molecular formula is C15H18N4OS. The Hall–Kier alpha value is -1.79. The second-order valence-corrected chi connectivity index (χ2v) is 6.09. The first kappa shape index (κ1) is 14.2. The maximum Gasteiger partial charge on any atom is 0.230 e. The Morgan fingerprint density at radius 3 is 3.19 bits per heavy atom. The minimum Gasteiger partial charge on any atom is -0.316 e. The van der Waals surface area contributed by atoms with Crippen LogP contribution in [0.5, 0.6) is 0 Å². The van der Waals surface area contributed by atoms with Gasteiger partial charge in [0.15, 0.2) is 0 Å². The Balaban J connectivity index is 1.63. The summed E-state index contributed by atoms with van der Waals surface area (Å²) in [6, 6.07) is 8.35. The van der Waals surface area contributed by atoms with Gasteiger partial charge in [0.25, 0.3) is 0 Å². The van der Waals surface area contributed by atoms with Crippen molar-refractivity contribution in [1.29, 1.82) is 0 Å². The summed E-state index contributed by atoms with van der Waals surface area (Å²) >= 11 is 1.33. The third-order valence-electron chi connectivity index (χ3n) is 3.69. The van der Waals surface area contributed by atoms with Crippen LogP contribution in [-0.4, -0.2) is 29.2 Å². The van der Waals surface area contributed by atoms with Crippen LogP contribution < -0.4 is 10.6 Å². The second kappa shape index (κ2) is 6.78. The van der Waals surface area contributed by atoms with Gasteiger partial charge in [0, 0.05) is 6.54 Å². The van der Waals surface area contributed by atoms with Crippen molar-refractivity contribution in [3.63, 3.8) is 0 Å². The highest BCUT2D eigenvalue weighted by molar-refractivity contribution is 7.13. The molecule has 0 spiro atoms. The fourth-order valence-corrected chi connectivity index (χ4v) is 3.13. The summed E-state index contributed by atoms with van der Waals surface area (Å²) in [5.74, 6) is 0.510. The van der Waals surface area contributed by atoms with Crippen LogP contribution in [-0.2, 0) is 11.2 Å². The zero-order chi connectivity index (χ0) is 14.5. The molecule has 2 aromatic rings. The molecule has 1 unspecified atom stereocenters. The van der Waals surface area contributed by atoms with E-state index in [1.165, 1.54) is 29.7 Å². The molecule has 1 aliphatic heterocycles. The van der Waals surface area contributed by atoms with Gasteiger partial charge in [-0.3, -0.25) is 4.79 Å². The van der Waals surface area contributed by atoms with E-state index in [4.69, 9.17) is 0 Å². The minimum absolute atomic E-state index is 0.0503. The van der Waals surface area contributed by atoms with Crippen LogP contribution in [0, 0.1) is 0 Å². The molecule has 1 fully saturated rings. The van der Waals surface area contributed by atoms with E-state index in [1.54, 1.807) is 5.51 Å². The van der Waals surface area contributed by atoms with Gasteiger partial charge in [0.2, 0.25) is 11.0 Å². The van der Waals surface area contributed by atoms with Crippen molar-refractivity contribution < 1.29 is 4.79 Å². The van der Waals surface area contributed by atoms with E-state index in [0.29, 0.717) is 17.5 Å². The molecule has 1 aromatic heterocycles. The topological polar surface area (TPSA) is 66.9 Å². The van der Waals surface area contributed by atoms with E-state index in [0.717, 1.165) is 18.7 Å². The molecule has 6 heteroatoms.